The van der Waals surface area contributed by atoms with Crippen LogP contribution in [0.15, 0.2) is 0 Å². The number of hydrogen-bond donors (Lipinski definition) is 0. The van der Waals surface area contributed by atoms with E-state index >= 15 is 0 Å². The van der Waals surface area contributed by atoms with E-state index in [1.807, 2.05) is 6.92 Å². The number of hydrogen-bond acceptors (Lipinski definition) is 3. The van der Waals surface area contributed by atoms with Crippen LogP contribution < -0.4 is 0 Å². The third-order valence-corrected chi connectivity index (χ3v) is 2.94. The number of thiocarbonyl (C=S) groups is 3. The highest BCUT2D eigenvalue weighted by atomic mass is 32.1. The molecule has 0 heterocycles. The molecule has 0 aromatic carbocycles. The molecule has 0 radical (unpaired) electrons. The summed E-state index contributed by atoms with van der Waals surface area (Å²) in [5.74, 6) is 0. The molecule has 0 aliphatic carbocycles. The van der Waals surface area contributed by atoms with Crippen LogP contribution in [0.3, 0.4) is 0 Å². The molecule has 0 nitrogen and oxygen atoms in total. The van der Waals surface area contributed by atoms with Crippen LogP contribution in [0.2, 0.25) is 0 Å². The zero-order chi connectivity index (χ0) is 10.3. The van der Waals surface area contributed by atoms with E-state index in [0.717, 1.165) is 46.7 Å². The maximum atomic E-state index is 5.22. The second-order valence-corrected chi connectivity index (χ2v) is 4.98. The largest absolute Gasteiger partial charge is 0.0900 e. The lowest BCUT2D eigenvalue weighted by atomic mass is 10.1. The van der Waals surface area contributed by atoms with Gasteiger partial charge in [-0.15, -0.1) is 0 Å². The second-order valence-electron chi connectivity index (χ2n) is 3.13. The summed E-state index contributed by atoms with van der Waals surface area (Å²) in [6.07, 6.45) is 4.83. The molecule has 0 bridgehead atoms. The first kappa shape index (κ1) is 13.3. The fourth-order valence-corrected chi connectivity index (χ4v) is 1.30. The Labute approximate surface area is 97.1 Å². The van der Waals surface area contributed by atoms with Gasteiger partial charge >= 0.3 is 0 Å². The van der Waals surface area contributed by atoms with E-state index in [1.165, 1.54) is 0 Å². The predicted octanol–water partition coefficient (Wildman–Crippen LogP) is 4.09. The first-order valence-corrected chi connectivity index (χ1v) is 5.81. The van der Waals surface area contributed by atoms with Gasteiger partial charge in [0.2, 0.25) is 0 Å². The topological polar surface area (TPSA) is 0 Å². The molecule has 0 aliphatic rings. The van der Waals surface area contributed by atoms with Crippen LogP contribution in [0.5, 0.6) is 0 Å². The van der Waals surface area contributed by atoms with Gasteiger partial charge < -0.3 is 0 Å². The lowest BCUT2D eigenvalue weighted by Gasteiger charge is -2.02. The third-order valence-electron chi connectivity index (χ3n) is 1.83. The van der Waals surface area contributed by atoms with Crippen molar-refractivity contribution in [3.8, 4) is 0 Å². The van der Waals surface area contributed by atoms with Gasteiger partial charge in [-0.05, 0) is 53.6 Å². The molecule has 0 aromatic heterocycles. The van der Waals surface area contributed by atoms with E-state index in [9.17, 15) is 0 Å². The van der Waals surface area contributed by atoms with Gasteiger partial charge in [-0.25, -0.2) is 0 Å². The van der Waals surface area contributed by atoms with E-state index in [4.69, 9.17) is 36.7 Å². The molecule has 0 spiro atoms. The van der Waals surface area contributed by atoms with Crippen molar-refractivity contribution < 1.29 is 0 Å². The van der Waals surface area contributed by atoms with Crippen LogP contribution in [0.1, 0.15) is 46.0 Å². The molecule has 0 aliphatic heterocycles. The van der Waals surface area contributed by atoms with Crippen molar-refractivity contribution in [1.29, 1.82) is 0 Å². The smallest absolute Gasteiger partial charge is 0.00645 e. The summed E-state index contributed by atoms with van der Waals surface area (Å²) in [6.45, 7) is 4.06. The fourth-order valence-electron chi connectivity index (χ4n) is 0.896. The zero-order valence-corrected chi connectivity index (χ0v) is 10.7. The zero-order valence-electron chi connectivity index (χ0n) is 8.26. The molecule has 0 atom stereocenters. The van der Waals surface area contributed by atoms with Gasteiger partial charge in [0.05, 0.1) is 0 Å². The quantitative estimate of drug-likeness (QED) is 0.607. The summed E-state index contributed by atoms with van der Waals surface area (Å²) >= 11 is 15.3. The Bertz CT molecular complexity index is 206. The van der Waals surface area contributed by atoms with Gasteiger partial charge in [0.1, 0.15) is 0 Å². The molecule has 0 rings (SSSR count). The highest BCUT2D eigenvalue weighted by Gasteiger charge is 2.00. The molecule has 0 amide bonds. The molecular formula is C10H16S3. The summed E-state index contributed by atoms with van der Waals surface area (Å²) in [6, 6.07) is 0. The third kappa shape index (κ3) is 8.60. The molecule has 0 saturated carbocycles. The fraction of sp³-hybridized carbons (Fsp3) is 0.700. The van der Waals surface area contributed by atoms with Gasteiger partial charge in [0, 0.05) is 0 Å². The Hall–Kier alpha value is 0.270. The summed E-state index contributed by atoms with van der Waals surface area (Å²) in [4.78, 5) is 3.28. The van der Waals surface area contributed by atoms with E-state index in [-0.39, 0.29) is 0 Å². The van der Waals surface area contributed by atoms with E-state index in [0.29, 0.717) is 0 Å². The predicted molar refractivity (Wildman–Crippen MR) is 72.2 cm³/mol. The summed E-state index contributed by atoms with van der Waals surface area (Å²) in [7, 11) is 0. The SMILES string of the molecule is CCC(=S)CCC(=S)CCC(C)=S. The molecule has 0 fully saturated rings. The average molecular weight is 232 g/mol. The van der Waals surface area contributed by atoms with Crippen molar-refractivity contribution in [2.24, 2.45) is 0 Å². The minimum Gasteiger partial charge on any atom is -0.0900 e. The maximum Gasteiger partial charge on any atom is -0.00645 e. The normalized spacial score (nSPS) is 9.69. The van der Waals surface area contributed by atoms with Gasteiger partial charge in [-0.3, -0.25) is 0 Å². The van der Waals surface area contributed by atoms with Crippen LogP contribution in [0.4, 0.5) is 0 Å². The molecule has 13 heavy (non-hydrogen) atoms. The molecule has 3 heteroatoms. The van der Waals surface area contributed by atoms with Gasteiger partial charge in [0.15, 0.2) is 0 Å². The van der Waals surface area contributed by atoms with Gasteiger partial charge in [-0.2, -0.15) is 0 Å². The Morgan fingerprint density at radius 1 is 0.846 bits per heavy atom. The van der Waals surface area contributed by atoms with Gasteiger partial charge in [0.25, 0.3) is 0 Å². The highest BCUT2D eigenvalue weighted by molar-refractivity contribution is 7.81. The Morgan fingerprint density at radius 3 is 1.77 bits per heavy atom. The highest BCUT2D eigenvalue weighted by Crippen LogP contribution is 2.05. The van der Waals surface area contributed by atoms with Crippen LogP contribution in [-0.4, -0.2) is 14.6 Å². The average Bonchev–Trinajstić information content (AvgIpc) is 2.10. The second kappa shape index (κ2) is 7.65. The molecular weight excluding hydrogens is 216 g/mol. The van der Waals surface area contributed by atoms with Crippen molar-refractivity contribution in [2.75, 3.05) is 0 Å². The van der Waals surface area contributed by atoms with Crippen LogP contribution >= 0.6 is 36.7 Å². The van der Waals surface area contributed by atoms with Crippen LogP contribution in [0, 0.1) is 0 Å². The lowest BCUT2D eigenvalue weighted by molar-refractivity contribution is 1.06. The summed E-state index contributed by atoms with van der Waals surface area (Å²) in [5.41, 5.74) is 0. The van der Waals surface area contributed by atoms with Crippen molar-refractivity contribution >= 4 is 51.2 Å². The van der Waals surface area contributed by atoms with E-state index in [2.05, 4.69) is 6.92 Å². The van der Waals surface area contributed by atoms with Crippen molar-refractivity contribution in [2.45, 2.75) is 46.0 Å². The first-order chi connectivity index (χ1) is 6.06. The van der Waals surface area contributed by atoms with Crippen molar-refractivity contribution in [1.82, 2.24) is 0 Å². The van der Waals surface area contributed by atoms with E-state index in [1.54, 1.807) is 0 Å². The maximum absolute atomic E-state index is 5.22. The van der Waals surface area contributed by atoms with Crippen molar-refractivity contribution in [3.05, 3.63) is 0 Å². The minimum absolute atomic E-state index is 0.951. The molecule has 0 unspecified atom stereocenters. The first-order valence-electron chi connectivity index (χ1n) is 4.59. The van der Waals surface area contributed by atoms with E-state index < -0.39 is 0 Å². The van der Waals surface area contributed by atoms with Crippen LogP contribution in [-0.2, 0) is 0 Å². The Balaban J connectivity index is 3.52. The molecule has 0 N–H and O–H groups in total. The minimum atomic E-state index is 0.951. The van der Waals surface area contributed by atoms with Crippen LogP contribution in [0.25, 0.3) is 0 Å². The number of rotatable bonds is 7. The Morgan fingerprint density at radius 2 is 1.31 bits per heavy atom. The van der Waals surface area contributed by atoms with Gasteiger partial charge in [-0.1, -0.05) is 43.6 Å². The molecule has 0 saturated heterocycles. The lowest BCUT2D eigenvalue weighted by Crippen LogP contribution is -2.01. The standard InChI is InChI=1S/C10H16S3/c1-3-9(12)6-7-10(13)5-4-8(2)11/h3-7H2,1-2H3. The monoisotopic (exact) mass is 232 g/mol. The summed E-state index contributed by atoms with van der Waals surface area (Å²) < 4.78 is 0. The Kier molecular flexibility index (Phi) is 7.81. The van der Waals surface area contributed by atoms with Crippen molar-refractivity contribution in [3.63, 3.8) is 0 Å². The molecule has 74 valence electrons. The molecule has 0 aromatic rings. The summed E-state index contributed by atoms with van der Waals surface area (Å²) in [5, 5.41) is 0.